The number of aryl methyl sites for hydroxylation is 2. The summed E-state index contributed by atoms with van der Waals surface area (Å²) in [5, 5.41) is 0. The van der Waals surface area contributed by atoms with Crippen molar-refractivity contribution in [3.8, 4) is 0 Å². The van der Waals surface area contributed by atoms with Gasteiger partial charge in [-0.3, -0.25) is 14.4 Å². The van der Waals surface area contributed by atoms with Crippen LogP contribution in [0.2, 0.25) is 0 Å². The molecule has 4 aromatic rings. The van der Waals surface area contributed by atoms with E-state index in [9.17, 15) is 14.4 Å². The molecule has 0 saturated carbocycles. The third-order valence-electron chi connectivity index (χ3n) is 5.44. The van der Waals surface area contributed by atoms with E-state index in [1.54, 1.807) is 41.0 Å². The fraction of sp³-hybridized carbons (Fsp3) is 0.154. The van der Waals surface area contributed by atoms with Crippen molar-refractivity contribution in [2.75, 3.05) is 7.11 Å². The number of esters is 1. The molecule has 4 rings (SSSR count). The van der Waals surface area contributed by atoms with Gasteiger partial charge >= 0.3 is 5.97 Å². The maximum absolute atomic E-state index is 12.9. The second-order valence-corrected chi connectivity index (χ2v) is 8.65. The Kier molecular flexibility index (Phi) is 6.33. The summed E-state index contributed by atoms with van der Waals surface area (Å²) in [7, 11) is 1.33. The predicted molar refractivity (Wildman–Crippen MR) is 128 cm³/mol. The average molecular weight is 459 g/mol. The Hall–Kier alpha value is -3.84. The van der Waals surface area contributed by atoms with Crippen LogP contribution in [-0.2, 0) is 16.1 Å². The van der Waals surface area contributed by atoms with Crippen molar-refractivity contribution in [1.82, 2.24) is 4.57 Å². The van der Waals surface area contributed by atoms with E-state index in [0.717, 1.165) is 21.3 Å². The lowest BCUT2D eigenvalue weighted by Gasteiger charge is -2.05. The molecule has 0 aliphatic heterocycles. The molecule has 0 saturated heterocycles. The van der Waals surface area contributed by atoms with E-state index in [1.807, 2.05) is 44.2 Å². The van der Waals surface area contributed by atoms with Crippen LogP contribution in [0.3, 0.4) is 0 Å². The molecule has 7 heteroatoms. The van der Waals surface area contributed by atoms with Crippen LogP contribution in [0.1, 0.15) is 37.4 Å². The van der Waals surface area contributed by atoms with Crippen LogP contribution in [-0.4, -0.2) is 29.3 Å². The van der Waals surface area contributed by atoms with Crippen LogP contribution < -0.4 is 4.80 Å². The fourth-order valence-corrected chi connectivity index (χ4v) is 4.53. The lowest BCUT2D eigenvalue weighted by molar-refractivity contribution is -0.141. The minimum atomic E-state index is -0.452. The van der Waals surface area contributed by atoms with Crippen LogP contribution in [0.25, 0.3) is 10.2 Å². The van der Waals surface area contributed by atoms with Crippen molar-refractivity contribution in [1.29, 1.82) is 0 Å². The van der Waals surface area contributed by atoms with Gasteiger partial charge in [-0.05, 0) is 49.2 Å². The number of aromatic nitrogens is 1. The van der Waals surface area contributed by atoms with Crippen molar-refractivity contribution in [3.05, 3.63) is 99.3 Å². The topological polar surface area (TPSA) is 77.7 Å². The van der Waals surface area contributed by atoms with Crippen LogP contribution in [0.4, 0.5) is 0 Å². The van der Waals surface area contributed by atoms with Crippen LogP contribution in [0.15, 0.2) is 71.7 Å². The highest BCUT2D eigenvalue weighted by Crippen LogP contribution is 2.22. The number of hydrogen-bond acceptors (Lipinski definition) is 5. The number of benzene rings is 3. The van der Waals surface area contributed by atoms with Crippen LogP contribution >= 0.6 is 11.3 Å². The smallest absolute Gasteiger partial charge is 0.325 e. The lowest BCUT2D eigenvalue weighted by Crippen LogP contribution is -2.22. The first kappa shape index (κ1) is 22.4. The van der Waals surface area contributed by atoms with Gasteiger partial charge in [-0.2, -0.15) is 4.99 Å². The van der Waals surface area contributed by atoms with Crippen molar-refractivity contribution in [2.24, 2.45) is 4.99 Å². The number of carbonyl (C=O) groups is 3. The van der Waals surface area contributed by atoms with E-state index >= 15 is 0 Å². The molecule has 3 aromatic carbocycles. The van der Waals surface area contributed by atoms with Crippen LogP contribution in [0.5, 0.6) is 0 Å². The highest BCUT2D eigenvalue weighted by Gasteiger charge is 2.14. The molecule has 0 fully saturated rings. The number of ether oxygens (including phenoxy) is 1. The van der Waals surface area contributed by atoms with Gasteiger partial charge in [-0.15, -0.1) is 0 Å². The summed E-state index contributed by atoms with van der Waals surface area (Å²) in [6.07, 6.45) is 0. The summed E-state index contributed by atoms with van der Waals surface area (Å²) >= 11 is 1.34. The lowest BCUT2D eigenvalue weighted by atomic mass is 10.0. The molecule has 0 N–H and O–H groups in total. The molecule has 1 aromatic heterocycles. The summed E-state index contributed by atoms with van der Waals surface area (Å²) in [5.74, 6) is -0.990. The number of hydrogen-bond donors (Lipinski definition) is 0. The van der Waals surface area contributed by atoms with Crippen molar-refractivity contribution in [3.63, 3.8) is 0 Å². The minimum absolute atomic E-state index is 0.0460. The zero-order valence-electron chi connectivity index (χ0n) is 18.5. The summed E-state index contributed by atoms with van der Waals surface area (Å²) < 4.78 is 7.46. The number of methoxy groups -OCH3 is 1. The molecule has 0 aliphatic rings. The SMILES string of the molecule is COC(=O)Cn1c(=NC(=O)c2ccc(C(=O)c3ccccc3)cc2)sc2cc(C)c(C)cc21. The standard InChI is InChI=1S/C26H22N2O4S/c1-16-13-21-22(14-17(16)2)33-26(28(21)15-23(29)32-3)27-25(31)20-11-9-19(10-12-20)24(30)18-7-5-4-6-8-18/h4-14H,15H2,1-3H3. The van der Waals surface area contributed by atoms with Crippen LogP contribution in [0, 0.1) is 13.8 Å². The Balaban J connectivity index is 1.70. The highest BCUT2D eigenvalue weighted by molar-refractivity contribution is 7.16. The van der Waals surface area contributed by atoms with Gasteiger partial charge in [-0.1, -0.05) is 53.8 Å². The molecular weight excluding hydrogens is 436 g/mol. The molecule has 6 nitrogen and oxygen atoms in total. The Morgan fingerprint density at radius 3 is 2.15 bits per heavy atom. The average Bonchev–Trinajstić information content (AvgIpc) is 3.14. The van der Waals surface area contributed by atoms with Crippen molar-refractivity contribution >= 4 is 39.2 Å². The third kappa shape index (κ3) is 4.68. The second-order valence-electron chi connectivity index (χ2n) is 7.64. The third-order valence-corrected chi connectivity index (χ3v) is 6.48. The van der Waals surface area contributed by atoms with E-state index in [1.165, 1.54) is 18.4 Å². The van der Waals surface area contributed by atoms with E-state index in [-0.39, 0.29) is 12.3 Å². The number of carbonyl (C=O) groups excluding carboxylic acids is 3. The first-order chi connectivity index (χ1) is 15.9. The zero-order valence-corrected chi connectivity index (χ0v) is 19.3. The zero-order chi connectivity index (χ0) is 23.5. The quantitative estimate of drug-likeness (QED) is 0.327. The van der Waals surface area contributed by atoms with Gasteiger partial charge in [-0.25, -0.2) is 0 Å². The van der Waals surface area contributed by atoms with E-state index < -0.39 is 11.9 Å². The van der Waals surface area contributed by atoms with E-state index in [2.05, 4.69) is 4.99 Å². The first-order valence-electron chi connectivity index (χ1n) is 10.3. The summed E-state index contributed by atoms with van der Waals surface area (Å²) in [5.41, 5.74) is 4.45. The van der Waals surface area contributed by atoms with Gasteiger partial charge in [0.1, 0.15) is 6.54 Å². The normalized spacial score (nSPS) is 11.5. The van der Waals surface area contributed by atoms with Gasteiger partial charge in [0, 0.05) is 16.7 Å². The van der Waals surface area contributed by atoms with Crippen molar-refractivity contribution < 1.29 is 19.1 Å². The van der Waals surface area contributed by atoms with Gasteiger partial charge in [0.2, 0.25) is 0 Å². The fourth-order valence-electron chi connectivity index (χ4n) is 3.43. The molecule has 166 valence electrons. The summed E-state index contributed by atoms with van der Waals surface area (Å²) in [6.45, 7) is 3.96. The maximum Gasteiger partial charge on any atom is 0.325 e. The van der Waals surface area contributed by atoms with E-state index in [0.29, 0.717) is 21.5 Å². The molecule has 0 radical (unpaired) electrons. The maximum atomic E-state index is 12.9. The largest absolute Gasteiger partial charge is 0.468 e. The molecule has 0 atom stereocenters. The number of amides is 1. The Morgan fingerprint density at radius 1 is 0.879 bits per heavy atom. The van der Waals surface area contributed by atoms with Gasteiger partial charge in [0.05, 0.1) is 17.3 Å². The molecule has 0 spiro atoms. The molecule has 33 heavy (non-hydrogen) atoms. The molecule has 0 unspecified atom stereocenters. The minimum Gasteiger partial charge on any atom is -0.468 e. The molecule has 1 amide bonds. The van der Waals surface area contributed by atoms with E-state index in [4.69, 9.17) is 4.74 Å². The summed E-state index contributed by atoms with van der Waals surface area (Å²) in [4.78, 5) is 42.2. The number of nitrogens with zero attached hydrogens (tertiary/aromatic N) is 2. The number of fused-ring (bicyclic) bond motifs is 1. The van der Waals surface area contributed by atoms with Crippen molar-refractivity contribution in [2.45, 2.75) is 20.4 Å². The van der Waals surface area contributed by atoms with Gasteiger partial charge in [0.25, 0.3) is 5.91 Å². The molecule has 0 aliphatic carbocycles. The predicted octanol–water partition coefficient (Wildman–Crippen LogP) is 4.46. The number of ketones is 1. The van der Waals surface area contributed by atoms with Gasteiger partial charge in [0.15, 0.2) is 10.6 Å². The number of rotatable bonds is 5. The summed E-state index contributed by atoms with van der Waals surface area (Å²) in [6, 6.07) is 19.4. The molecule has 1 heterocycles. The molecule has 0 bridgehead atoms. The molecular formula is C26H22N2O4S. The van der Waals surface area contributed by atoms with Gasteiger partial charge < -0.3 is 9.30 Å². The monoisotopic (exact) mass is 458 g/mol. The second kappa shape index (κ2) is 9.34. The first-order valence-corrected chi connectivity index (χ1v) is 11.2. The Bertz CT molecular complexity index is 1430. The Morgan fingerprint density at radius 2 is 1.48 bits per heavy atom. The number of thiazole rings is 1. The highest BCUT2D eigenvalue weighted by atomic mass is 32.1. The Labute approximate surface area is 194 Å².